The summed E-state index contributed by atoms with van der Waals surface area (Å²) in [5.74, 6) is 1.000. The van der Waals surface area contributed by atoms with Crippen LogP contribution in [0.2, 0.25) is 5.02 Å². The second kappa shape index (κ2) is 8.17. The van der Waals surface area contributed by atoms with Gasteiger partial charge in [0, 0.05) is 49.2 Å². The van der Waals surface area contributed by atoms with Crippen molar-refractivity contribution >= 4 is 28.3 Å². The highest BCUT2D eigenvalue weighted by Gasteiger charge is 2.26. The fourth-order valence-electron chi connectivity index (χ4n) is 3.33. The van der Waals surface area contributed by atoms with Crippen molar-refractivity contribution in [3.05, 3.63) is 47.0 Å². The third-order valence-electron chi connectivity index (χ3n) is 4.76. The first-order valence-corrected chi connectivity index (χ1v) is 9.24. The predicted octanol–water partition coefficient (Wildman–Crippen LogP) is 3.73. The second-order valence-corrected chi connectivity index (χ2v) is 7.33. The molecule has 0 saturated carbocycles. The van der Waals surface area contributed by atoms with E-state index in [0.717, 1.165) is 54.3 Å². The van der Waals surface area contributed by atoms with E-state index in [-0.39, 0.29) is 6.61 Å². The van der Waals surface area contributed by atoms with E-state index in [1.165, 1.54) is 5.57 Å². The number of nitrogens with zero attached hydrogens (tertiary/aromatic N) is 3. The van der Waals surface area contributed by atoms with Crippen molar-refractivity contribution in [3.8, 4) is 0 Å². The number of fused-ring (bicyclic) bond motifs is 1. The molecule has 1 fully saturated rings. The maximum atomic E-state index is 9.45. The summed E-state index contributed by atoms with van der Waals surface area (Å²) >= 11 is 6.06. The molecule has 2 aromatic rings. The first-order chi connectivity index (χ1) is 12.1. The van der Waals surface area contributed by atoms with E-state index < -0.39 is 0 Å². The number of aliphatic hydroxyl groups is 1. The van der Waals surface area contributed by atoms with Crippen molar-refractivity contribution in [2.75, 3.05) is 37.7 Å². The van der Waals surface area contributed by atoms with Crippen LogP contribution in [0.15, 0.2) is 42.0 Å². The third-order valence-corrected chi connectivity index (χ3v) is 5.00. The van der Waals surface area contributed by atoms with Crippen LogP contribution in [0.5, 0.6) is 0 Å². The molecular formula is C20H26ClN3O. The molecule has 1 unspecified atom stereocenters. The van der Waals surface area contributed by atoms with Crippen LogP contribution in [-0.4, -0.2) is 53.8 Å². The predicted molar refractivity (Wildman–Crippen MR) is 105 cm³/mol. The minimum atomic E-state index is 0.216. The summed E-state index contributed by atoms with van der Waals surface area (Å²) in [4.78, 5) is 9.59. The van der Waals surface area contributed by atoms with Crippen LogP contribution >= 0.6 is 11.6 Å². The molecule has 3 rings (SSSR count). The third kappa shape index (κ3) is 4.51. The molecule has 1 aromatic heterocycles. The van der Waals surface area contributed by atoms with Gasteiger partial charge in [-0.15, -0.1) is 0 Å². The standard InChI is InChI=1S/C20H26ClN3O/c1-15(2)7-9-23-10-11-24(14-18(23)8-12-25)20-6-3-16-13-17(21)4-5-19(16)22-20/h3-7,13,18,25H,8-12,14H2,1-2H3. The van der Waals surface area contributed by atoms with Crippen LogP contribution in [0.1, 0.15) is 20.3 Å². The zero-order chi connectivity index (χ0) is 17.8. The molecule has 1 aromatic carbocycles. The van der Waals surface area contributed by atoms with E-state index in [9.17, 15) is 5.11 Å². The van der Waals surface area contributed by atoms with Gasteiger partial charge in [0.05, 0.1) is 5.52 Å². The van der Waals surface area contributed by atoms with Crippen LogP contribution in [0.3, 0.4) is 0 Å². The van der Waals surface area contributed by atoms with Crippen LogP contribution in [0, 0.1) is 0 Å². The number of aliphatic hydroxyl groups excluding tert-OH is 1. The SMILES string of the molecule is CC(C)=CCN1CCN(c2ccc3cc(Cl)ccc3n2)CC1CCO. The monoisotopic (exact) mass is 359 g/mol. The summed E-state index contributed by atoms with van der Waals surface area (Å²) in [5, 5.41) is 11.2. The van der Waals surface area contributed by atoms with Gasteiger partial charge in [-0.1, -0.05) is 23.3 Å². The number of piperazine rings is 1. The molecule has 2 heterocycles. The smallest absolute Gasteiger partial charge is 0.129 e. The van der Waals surface area contributed by atoms with Crippen molar-refractivity contribution in [2.45, 2.75) is 26.3 Å². The molecule has 0 bridgehead atoms. The molecular weight excluding hydrogens is 334 g/mol. The zero-order valence-corrected chi connectivity index (χ0v) is 15.7. The van der Waals surface area contributed by atoms with Gasteiger partial charge in [0.15, 0.2) is 0 Å². The van der Waals surface area contributed by atoms with Crippen molar-refractivity contribution < 1.29 is 5.11 Å². The molecule has 1 aliphatic rings. The number of rotatable bonds is 5. The van der Waals surface area contributed by atoms with Gasteiger partial charge in [0.1, 0.15) is 5.82 Å². The van der Waals surface area contributed by atoms with E-state index in [2.05, 4.69) is 41.9 Å². The van der Waals surface area contributed by atoms with Gasteiger partial charge in [-0.05, 0) is 50.6 Å². The Labute approximate surface area is 154 Å². The Hall–Kier alpha value is -1.62. The number of hydrogen-bond acceptors (Lipinski definition) is 4. The highest BCUT2D eigenvalue weighted by Crippen LogP contribution is 2.24. The topological polar surface area (TPSA) is 39.6 Å². The molecule has 1 aliphatic heterocycles. The minimum absolute atomic E-state index is 0.216. The summed E-state index contributed by atoms with van der Waals surface area (Å²) < 4.78 is 0. The van der Waals surface area contributed by atoms with Gasteiger partial charge < -0.3 is 10.0 Å². The largest absolute Gasteiger partial charge is 0.396 e. The maximum Gasteiger partial charge on any atom is 0.129 e. The number of benzene rings is 1. The normalized spacial score (nSPS) is 18.6. The molecule has 1 saturated heterocycles. The molecule has 0 radical (unpaired) electrons. The Kier molecular flexibility index (Phi) is 5.94. The fourth-order valence-corrected chi connectivity index (χ4v) is 3.51. The van der Waals surface area contributed by atoms with E-state index >= 15 is 0 Å². The number of pyridine rings is 1. The summed E-state index contributed by atoms with van der Waals surface area (Å²) in [7, 11) is 0. The summed E-state index contributed by atoms with van der Waals surface area (Å²) in [6.45, 7) is 8.24. The van der Waals surface area contributed by atoms with E-state index in [1.54, 1.807) is 0 Å². The Balaban J connectivity index is 1.77. The second-order valence-electron chi connectivity index (χ2n) is 6.90. The molecule has 134 valence electrons. The lowest BCUT2D eigenvalue weighted by Gasteiger charge is -2.41. The minimum Gasteiger partial charge on any atom is -0.396 e. The summed E-state index contributed by atoms with van der Waals surface area (Å²) in [6, 6.07) is 10.3. The van der Waals surface area contributed by atoms with Crippen molar-refractivity contribution in [1.29, 1.82) is 0 Å². The maximum absolute atomic E-state index is 9.45. The average molecular weight is 360 g/mol. The van der Waals surface area contributed by atoms with Gasteiger partial charge in [0.25, 0.3) is 0 Å². The van der Waals surface area contributed by atoms with Gasteiger partial charge in [-0.25, -0.2) is 4.98 Å². The lowest BCUT2D eigenvalue weighted by molar-refractivity contribution is 0.155. The first-order valence-electron chi connectivity index (χ1n) is 8.86. The highest BCUT2D eigenvalue weighted by atomic mass is 35.5. The fraction of sp³-hybridized carbons (Fsp3) is 0.450. The molecule has 5 heteroatoms. The van der Waals surface area contributed by atoms with Crippen molar-refractivity contribution in [1.82, 2.24) is 9.88 Å². The Morgan fingerprint density at radius 2 is 2.12 bits per heavy atom. The molecule has 1 atom stereocenters. The number of hydrogen-bond donors (Lipinski definition) is 1. The molecule has 0 aliphatic carbocycles. The molecule has 1 N–H and O–H groups in total. The van der Waals surface area contributed by atoms with Crippen molar-refractivity contribution in [2.24, 2.45) is 0 Å². The number of anilines is 1. The summed E-state index contributed by atoms with van der Waals surface area (Å²) in [6.07, 6.45) is 3.05. The van der Waals surface area contributed by atoms with E-state index in [0.29, 0.717) is 6.04 Å². The van der Waals surface area contributed by atoms with Crippen molar-refractivity contribution in [3.63, 3.8) is 0 Å². The molecule has 0 spiro atoms. The number of halogens is 1. The Morgan fingerprint density at radius 3 is 2.88 bits per heavy atom. The molecule has 4 nitrogen and oxygen atoms in total. The quantitative estimate of drug-likeness (QED) is 0.826. The van der Waals surface area contributed by atoms with Crippen LogP contribution in [0.25, 0.3) is 10.9 Å². The van der Waals surface area contributed by atoms with Gasteiger partial charge in [0.2, 0.25) is 0 Å². The van der Waals surface area contributed by atoms with Crippen LogP contribution < -0.4 is 4.90 Å². The van der Waals surface area contributed by atoms with E-state index in [4.69, 9.17) is 16.6 Å². The van der Waals surface area contributed by atoms with Crippen LogP contribution in [0.4, 0.5) is 5.82 Å². The lowest BCUT2D eigenvalue weighted by Crippen LogP contribution is -2.53. The van der Waals surface area contributed by atoms with Gasteiger partial charge in [-0.3, -0.25) is 4.90 Å². The summed E-state index contributed by atoms with van der Waals surface area (Å²) in [5.41, 5.74) is 2.30. The highest BCUT2D eigenvalue weighted by molar-refractivity contribution is 6.31. The zero-order valence-electron chi connectivity index (χ0n) is 15.0. The number of allylic oxidation sites excluding steroid dienone is 1. The molecule has 25 heavy (non-hydrogen) atoms. The van der Waals surface area contributed by atoms with Gasteiger partial charge in [-0.2, -0.15) is 0 Å². The Morgan fingerprint density at radius 1 is 1.28 bits per heavy atom. The lowest BCUT2D eigenvalue weighted by atomic mass is 10.1. The number of aromatic nitrogens is 1. The first kappa shape index (κ1) is 18.2. The van der Waals surface area contributed by atoms with E-state index in [1.807, 2.05) is 18.2 Å². The average Bonchev–Trinajstić information content (AvgIpc) is 2.60. The van der Waals surface area contributed by atoms with Crippen LogP contribution in [-0.2, 0) is 0 Å². The van der Waals surface area contributed by atoms with Gasteiger partial charge >= 0.3 is 0 Å². The molecule has 0 amide bonds. The Bertz CT molecular complexity index is 758.